The molecular weight excluding hydrogens is 228 g/mol. The summed E-state index contributed by atoms with van der Waals surface area (Å²) >= 11 is 0. The highest BCUT2D eigenvalue weighted by atomic mass is 16.2. The lowest BCUT2D eigenvalue weighted by Crippen LogP contribution is -2.36. The quantitative estimate of drug-likeness (QED) is 0.808. The summed E-state index contributed by atoms with van der Waals surface area (Å²) in [6, 6.07) is 1.70. The smallest absolute Gasteiger partial charge is 0.244 e. The largest absolute Gasteiger partial charge is 0.384 e. The summed E-state index contributed by atoms with van der Waals surface area (Å²) in [5, 5.41) is 6.41. The summed E-state index contributed by atoms with van der Waals surface area (Å²) in [6.07, 6.45) is 4.56. The molecule has 5 nitrogen and oxygen atoms in total. The Labute approximate surface area is 109 Å². The second-order valence-electron chi connectivity index (χ2n) is 4.49. The second kappa shape index (κ2) is 6.83. The number of carbonyl (C=O) groups is 1. The minimum absolute atomic E-state index is 0.0434. The van der Waals surface area contributed by atoms with Crippen LogP contribution in [0.2, 0.25) is 0 Å². The van der Waals surface area contributed by atoms with Crippen molar-refractivity contribution in [3.8, 4) is 0 Å². The van der Waals surface area contributed by atoms with Crippen molar-refractivity contribution < 1.29 is 4.79 Å². The van der Waals surface area contributed by atoms with Crippen molar-refractivity contribution in [2.45, 2.75) is 26.3 Å². The topological polar surface area (TPSA) is 57.3 Å². The molecule has 0 aliphatic rings. The van der Waals surface area contributed by atoms with Crippen molar-refractivity contribution in [2.75, 3.05) is 31.3 Å². The molecule has 1 aromatic rings. The maximum atomic E-state index is 11.7. The summed E-state index contributed by atoms with van der Waals surface area (Å²) in [6.45, 7) is 4.87. The van der Waals surface area contributed by atoms with Gasteiger partial charge in [-0.1, -0.05) is 6.92 Å². The first kappa shape index (κ1) is 14.3. The number of anilines is 2. The summed E-state index contributed by atoms with van der Waals surface area (Å²) in [4.78, 5) is 17.5. The van der Waals surface area contributed by atoms with Crippen LogP contribution in [-0.4, -0.2) is 42.5 Å². The van der Waals surface area contributed by atoms with Crippen LogP contribution < -0.4 is 10.6 Å². The van der Waals surface area contributed by atoms with E-state index in [0.717, 1.165) is 24.3 Å². The van der Waals surface area contributed by atoms with Crippen LogP contribution in [-0.2, 0) is 4.79 Å². The van der Waals surface area contributed by atoms with E-state index in [-0.39, 0.29) is 11.9 Å². The van der Waals surface area contributed by atoms with Gasteiger partial charge in [0.05, 0.1) is 23.8 Å². The molecule has 0 saturated heterocycles. The van der Waals surface area contributed by atoms with Gasteiger partial charge in [0.25, 0.3) is 0 Å². The molecule has 0 aliphatic heterocycles. The minimum Gasteiger partial charge on any atom is -0.384 e. The number of aromatic nitrogens is 1. The highest BCUT2D eigenvalue weighted by Gasteiger charge is 2.14. The van der Waals surface area contributed by atoms with E-state index in [0.29, 0.717) is 0 Å². The van der Waals surface area contributed by atoms with Gasteiger partial charge < -0.3 is 15.5 Å². The van der Waals surface area contributed by atoms with Gasteiger partial charge in [-0.05, 0) is 19.4 Å². The molecule has 0 saturated carbocycles. The molecule has 1 unspecified atom stereocenters. The number of carbonyl (C=O) groups excluding carboxylic acids is 1. The lowest BCUT2D eigenvalue weighted by molar-refractivity contribution is -0.129. The number of hydrogen-bond acceptors (Lipinski definition) is 4. The Balaban J connectivity index is 2.64. The van der Waals surface area contributed by atoms with E-state index in [2.05, 4.69) is 22.5 Å². The predicted octanol–water partition coefficient (Wildman–Crippen LogP) is 1.79. The molecule has 5 heteroatoms. The van der Waals surface area contributed by atoms with E-state index in [1.54, 1.807) is 31.4 Å². The summed E-state index contributed by atoms with van der Waals surface area (Å²) in [5.41, 5.74) is 1.81. The number of likely N-dealkylation sites (N-methyl/N-ethyl adjacent to an activating group) is 1. The summed E-state index contributed by atoms with van der Waals surface area (Å²) < 4.78 is 0. The van der Waals surface area contributed by atoms with Gasteiger partial charge in [-0.25, -0.2) is 0 Å². The first-order valence-electron chi connectivity index (χ1n) is 6.21. The van der Waals surface area contributed by atoms with Crippen molar-refractivity contribution in [1.29, 1.82) is 0 Å². The molecule has 1 amide bonds. The highest BCUT2D eigenvalue weighted by molar-refractivity contribution is 5.83. The molecule has 100 valence electrons. The van der Waals surface area contributed by atoms with E-state index < -0.39 is 0 Å². The van der Waals surface area contributed by atoms with Gasteiger partial charge in [0.15, 0.2) is 0 Å². The normalized spacial score (nSPS) is 11.8. The van der Waals surface area contributed by atoms with E-state index in [1.165, 1.54) is 0 Å². The monoisotopic (exact) mass is 250 g/mol. The Bertz CT molecular complexity index is 392. The van der Waals surface area contributed by atoms with Crippen LogP contribution in [0.25, 0.3) is 0 Å². The van der Waals surface area contributed by atoms with Crippen molar-refractivity contribution in [2.24, 2.45) is 0 Å². The van der Waals surface area contributed by atoms with Crippen molar-refractivity contribution in [1.82, 2.24) is 9.88 Å². The Morgan fingerprint density at radius 3 is 2.67 bits per heavy atom. The molecule has 0 aromatic carbocycles. The van der Waals surface area contributed by atoms with Gasteiger partial charge in [0.2, 0.25) is 5.91 Å². The van der Waals surface area contributed by atoms with Crippen LogP contribution in [0, 0.1) is 0 Å². The average Bonchev–Trinajstić information content (AvgIpc) is 2.35. The first-order chi connectivity index (χ1) is 8.54. The average molecular weight is 250 g/mol. The van der Waals surface area contributed by atoms with E-state index in [9.17, 15) is 4.79 Å². The lowest BCUT2D eigenvalue weighted by Gasteiger charge is -2.19. The molecule has 1 atom stereocenters. The number of amides is 1. The number of nitrogens with zero attached hydrogens (tertiary/aromatic N) is 2. The van der Waals surface area contributed by atoms with Gasteiger partial charge in [-0.2, -0.15) is 0 Å². The molecular formula is C13H22N4O. The number of rotatable bonds is 6. The zero-order valence-electron chi connectivity index (χ0n) is 11.5. The third kappa shape index (κ3) is 4.24. The molecule has 18 heavy (non-hydrogen) atoms. The Hall–Kier alpha value is -1.78. The Kier molecular flexibility index (Phi) is 5.42. The maximum absolute atomic E-state index is 11.7. The zero-order valence-corrected chi connectivity index (χ0v) is 11.5. The molecule has 0 bridgehead atoms. The third-order valence-electron chi connectivity index (χ3n) is 2.51. The van der Waals surface area contributed by atoms with Crippen molar-refractivity contribution in [3.05, 3.63) is 18.5 Å². The molecule has 0 radical (unpaired) electrons. The van der Waals surface area contributed by atoms with E-state index in [4.69, 9.17) is 0 Å². The van der Waals surface area contributed by atoms with Gasteiger partial charge in [0.1, 0.15) is 6.04 Å². The van der Waals surface area contributed by atoms with Crippen LogP contribution in [0.5, 0.6) is 0 Å². The second-order valence-corrected chi connectivity index (χ2v) is 4.49. The first-order valence-corrected chi connectivity index (χ1v) is 6.21. The molecule has 0 spiro atoms. The zero-order chi connectivity index (χ0) is 13.5. The fourth-order valence-corrected chi connectivity index (χ4v) is 1.58. The van der Waals surface area contributed by atoms with Crippen LogP contribution in [0.3, 0.4) is 0 Å². The molecule has 1 heterocycles. The van der Waals surface area contributed by atoms with Gasteiger partial charge in [-0.15, -0.1) is 0 Å². The van der Waals surface area contributed by atoms with Gasteiger partial charge in [0, 0.05) is 20.6 Å². The van der Waals surface area contributed by atoms with Crippen LogP contribution in [0.15, 0.2) is 18.5 Å². The Morgan fingerprint density at radius 1 is 1.39 bits per heavy atom. The minimum atomic E-state index is -0.261. The third-order valence-corrected chi connectivity index (χ3v) is 2.51. The molecule has 1 rings (SSSR count). The summed E-state index contributed by atoms with van der Waals surface area (Å²) in [7, 11) is 3.50. The number of pyridine rings is 1. The molecule has 0 fully saturated rings. The SMILES string of the molecule is CCCNc1cncc(NC(C)C(=O)N(C)C)c1. The van der Waals surface area contributed by atoms with Gasteiger partial charge in [-0.3, -0.25) is 9.78 Å². The van der Waals surface area contributed by atoms with E-state index >= 15 is 0 Å². The predicted molar refractivity (Wildman–Crippen MR) is 74.8 cm³/mol. The van der Waals surface area contributed by atoms with Crippen LogP contribution in [0.4, 0.5) is 11.4 Å². The van der Waals surface area contributed by atoms with E-state index in [1.807, 2.05) is 13.0 Å². The fraction of sp³-hybridized carbons (Fsp3) is 0.538. The molecule has 2 N–H and O–H groups in total. The van der Waals surface area contributed by atoms with Gasteiger partial charge >= 0.3 is 0 Å². The standard InChI is InChI=1S/C13H22N4O/c1-5-6-15-11-7-12(9-14-8-11)16-10(2)13(18)17(3)4/h7-10,15-16H,5-6H2,1-4H3. The molecule has 1 aromatic heterocycles. The highest BCUT2D eigenvalue weighted by Crippen LogP contribution is 2.14. The lowest BCUT2D eigenvalue weighted by atomic mass is 10.2. The number of nitrogens with one attached hydrogen (secondary N) is 2. The Morgan fingerprint density at radius 2 is 2.06 bits per heavy atom. The molecule has 0 aliphatic carbocycles. The van der Waals surface area contributed by atoms with Crippen molar-refractivity contribution >= 4 is 17.3 Å². The number of hydrogen-bond donors (Lipinski definition) is 2. The summed E-state index contributed by atoms with van der Waals surface area (Å²) in [5.74, 6) is 0.0434. The maximum Gasteiger partial charge on any atom is 0.244 e. The fourth-order valence-electron chi connectivity index (χ4n) is 1.58. The van der Waals surface area contributed by atoms with Crippen LogP contribution in [0.1, 0.15) is 20.3 Å². The van der Waals surface area contributed by atoms with Crippen LogP contribution >= 0.6 is 0 Å². The van der Waals surface area contributed by atoms with Crippen molar-refractivity contribution in [3.63, 3.8) is 0 Å².